The zero-order valence-electron chi connectivity index (χ0n) is 12.9. The summed E-state index contributed by atoms with van der Waals surface area (Å²) in [6.07, 6.45) is 1.34. The van der Waals surface area contributed by atoms with Crippen LogP contribution in [0.15, 0.2) is 53.6 Å². The first kappa shape index (κ1) is 18.2. The highest BCUT2D eigenvalue weighted by Gasteiger charge is 2.07. The highest BCUT2D eigenvalue weighted by Crippen LogP contribution is 2.10. The summed E-state index contributed by atoms with van der Waals surface area (Å²) < 4.78 is 0. The van der Waals surface area contributed by atoms with Crippen LogP contribution in [0.25, 0.3) is 0 Å². The predicted molar refractivity (Wildman–Crippen MR) is 90.3 cm³/mol. The number of aromatic carboxylic acids is 1. The number of halogens is 1. The van der Waals surface area contributed by atoms with Crippen molar-refractivity contribution < 1.29 is 19.5 Å². The first-order valence-corrected chi connectivity index (χ1v) is 7.50. The highest BCUT2D eigenvalue weighted by molar-refractivity contribution is 6.31. The molecule has 0 atom stereocenters. The Balaban J connectivity index is 1.80. The summed E-state index contributed by atoms with van der Waals surface area (Å²) in [6.45, 7) is -0.258. The molecule has 2 aromatic carbocycles. The van der Waals surface area contributed by atoms with Gasteiger partial charge in [0.25, 0.3) is 11.8 Å². The minimum absolute atomic E-state index is 0.0462. The van der Waals surface area contributed by atoms with Crippen LogP contribution in [-0.4, -0.2) is 30.5 Å². The van der Waals surface area contributed by atoms with Crippen LogP contribution in [-0.2, 0) is 4.79 Å². The second-order valence-corrected chi connectivity index (χ2v) is 5.33. The summed E-state index contributed by atoms with van der Waals surface area (Å²) >= 11 is 5.79. The Kier molecular flexibility index (Phi) is 6.25. The molecule has 128 valence electrons. The summed E-state index contributed by atoms with van der Waals surface area (Å²) in [6, 6.07) is 12.1. The lowest BCUT2D eigenvalue weighted by molar-refractivity contribution is -0.255. The van der Waals surface area contributed by atoms with Gasteiger partial charge in [0.05, 0.1) is 18.7 Å². The number of carbonyl (C=O) groups is 3. The van der Waals surface area contributed by atoms with E-state index in [1.54, 1.807) is 18.2 Å². The van der Waals surface area contributed by atoms with Crippen LogP contribution in [0.1, 0.15) is 26.3 Å². The van der Waals surface area contributed by atoms with Crippen molar-refractivity contribution in [3.8, 4) is 0 Å². The van der Waals surface area contributed by atoms with Gasteiger partial charge in [0.2, 0.25) is 0 Å². The molecular weight excluding hydrogens is 346 g/mol. The molecule has 2 rings (SSSR count). The van der Waals surface area contributed by atoms with Crippen LogP contribution in [0, 0.1) is 0 Å². The molecule has 7 nitrogen and oxygen atoms in total. The molecule has 2 amide bonds. The third kappa shape index (κ3) is 5.74. The fraction of sp³-hybridized carbons (Fsp3) is 0.0588. The quantitative estimate of drug-likeness (QED) is 0.581. The molecular formula is C17H13ClN3O4-. The van der Waals surface area contributed by atoms with Crippen LogP contribution >= 0.6 is 11.6 Å². The predicted octanol–water partition coefficient (Wildman–Crippen LogP) is 0.584. The van der Waals surface area contributed by atoms with E-state index in [1.807, 2.05) is 0 Å². The van der Waals surface area contributed by atoms with Crippen molar-refractivity contribution in [2.75, 3.05) is 6.54 Å². The van der Waals surface area contributed by atoms with Crippen molar-refractivity contribution in [1.29, 1.82) is 0 Å². The van der Waals surface area contributed by atoms with Gasteiger partial charge in [-0.15, -0.1) is 0 Å². The van der Waals surface area contributed by atoms with E-state index in [1.165, 1.54) is 36.5 Å². The third-order valence-corrected chi connectivity index (χ3v) is 3.28. The van der Waals surface area contributed by atoms with Gasteiger partial charge in [-0.1, -0.05) is 41.9 Å². The van der Waals surface area contributed by atoms with E-state index >= 15 is 0 Å². The number of nitrogens with one attached hydrogen (secondary N) is 2. The van der Waals surface area contributed by atoms with Gasteiger partial charge in [0, 0.05) is 10.6 Å². The first-order valence-electron chi connectivity index (χ1n) is 7.13. The van der Waals surface area contributed by atoms with Crippen LogP contribution in [0.4, 0.5) is 0 Å². The summed E-state index contributed by atoms with van der Waals surface area (Å²) in [7, 11) is 0. The van der Waals surface area contributed by atoms with Gasteiger partial charge in [-0.3, -0.25) is 9.59 Å². The number of benzene rings is 2. The zero-order chi connectivity index (χ0) is 18.2. The molecule has 0 unspecified atom stereocenters. The number of rotatable bonds is 6. The number of nitrogens with zero attached hydrogens (tertiary/aromatic N) is 1. The number of hydrogen-bond acceptors (Lipinski definition) is 5. The third-order valence-electron chi connectivity index (χ3n) is 3.05. The monoisotopic (exact) mass is 358 g/mol. The fourth-order valence-corrected chi connectivity index (χ4v) is 2.01. The van der Waals surface area contributed by atoms with Gasteiger partial charge in [-0.25, -0.2) is 5.43 Å². The summed E-state index contributed by atoms with van der Waals surface area (Å²) in [4.78, 5) is 34.1. The standard InChI is InChI=1S/C17H14ClN3O4/c18-14-3-1-2-13(8-14)16(23)19-10-15(22)21-20-9-11-4-6-12(7-5-11)17(24)25/h1-9H,10H2,(H,19,23)(H,21,22)(H,24,25)/p-1. The van der Waals surface area contributed by atoms with Gasteiger partial charge in [0.15, 0.2) is 0 Å². The second kappa shape index (κ2) is 8.60. The lowest BCUT2D eigenvalue weighted by atomic mass is 10.1. The molecule has 0 radical (unpaired) electrons. The van der Waals surface area contributed by atoms with E-state index in [4.69, 9.17) is 11.6 Å². The fourth-order valence-electron chi connectivity index (χ4n) is 1.82. The minimum Gasteiger partial charge on any atom is -0.545 e. The highest BCUT2D eigenvalue weighted by atomic mass is 35.5. The van der Waals surface area contributed by atoms with Gasteiger partial charge in [-0.05, 0) is 29.3 Å². The second-order valence-electron chi connectivity index (χ2n) is 4.90. The maximum atomic E-state index is 11.8. The van der Waals surface area contributed by atoms with Crippen molar-refractivity contribution in [2.24, 2.45) is 5.10 Å². The topological polar surface area (TPSA) is 111 Å². The van der Waals surface area contributed by atoms with Gasteiger partial charge in [-0.2, -0.15) is 5.10 Å². The largest absolute Gasteiger partial charge is 0.545 e. The van der Waals surface area contributed by atoms with Crippen LogP contribution in [0.5, 0.6) is 0 Å². The molecule has 0 aliphatic rings. The zero-order valence-corrected chi connectivity index (χ0v) is 13.6. The molecule has 0 aliphatic carbocycles. The Labute approximate surface area is 148 Å². The van der Waals surface area contributed by atoms with Gasteiger partial charge < -0.3 is 15.2 Å². The summed E-state index contributed by atoms with van der Waals surface area (Å²) in [5, 5.41) is 17.2. The molecule has 8 heteroatoms. The van der Waals surface area contributed by atoms with Crippen LogP contribution < -0.4 is 15.8 Å². The molecule has 0 saturated carbocycles. The normalized spacial score (nSPS) is 10.4. The van der Waals surface area contributed by atoms with Gasteiger partial charge >= 0.3 is 0 Å². The number of carboxylic acids is 1. The van der Waals surface area contributed by atoms with Crippen molar-refractivity contribution in [3.05, 3.63) is 70.2 Å². The first-order chi connectivity index (χ1) is 12.0. The van der Waals surface area contributed by atoms with Crippen molar-refractivity contribution >= 4 is 35.6 Å². The molecule has 0 aliphatic heterocycles. The average molecular weight is 359 g/mol. The molecule has 0 bridgehead atoms. The number of hydrogen-bond donors (Lipinski definition) is 2. The number of hydrazone groups is 1. The van der Waals surface area contributed by atoms with Crippen LogP contribution in [0.3, 0.4) is 0 Å². The molecule has 0 aromatic heterocycles. The van der Waals surface area contributed by atoms with Crippen molar-refractivity contribution in [3.63, 3.8) is 0 Å². The molecule has 0 saturated heterocycles. The SMILES string of the molecule is O=C(CNC(=O)c1cccc(Cl)c1)NN=Cc1ccc(C(=O)[O-])cc1. The lowest BCUT2D eigenvalue weighted by Gasteiger charge is -2.04. The maximum absolute atomic E-state index is 11.8. The Hall–Kier alpha value is -3.19. The smallest absolute Gasteiger partial charge is 0.259 e. The van der Waals surface area contributed by atoms with Crippen LogP contribution in [0.2, 0.25) is 5.02 Å². The van der Waals surface area contributed by atoms with E-state index in [0.29, 0.717) is 16.1 Å². The number of amides is 2. The number of carbonyl (C=O) groups excluding carboxylic acids is 3. The number of carboxylic acid groups (broad SMARTS) is 1. The van der Waals surface area contributed by atoms with E-state index in [2.05, 4.69) is 15.8 Å². The molecule has 25 heavy (non-hydrogen) atoms. The summed E-state index contributed by atoms with van der Waals surface area (Å²) in [5.74, 6) is -2.22. The Bertz CT molecular complexity index is 819. The average Bonchev–Trinajstić information content (AvgIpc) is 2.60. The van der Waals surface area contributed by atoms with E-state index in [9.17, 15) is 19.5 Å². The minimum atomic E-state index is -1.27. The summed E-state index contributed by atoms with van der Waals surface area (Å²) in [5.41, 5.74) is 3.23. The van der Waals surface area contributed by atoms with E-state index in [0.717, 1.165) is 0 Å². The Morgan fingerprint density at radius 1 is 1.08 bits per heavy atom. The molecule has 0 fully saturated rings. The Morgan fingerprint density at radius 3 is 2.44 bits per heavy atom. The molecule has 2 aromatic rings. The van der Waals surface area contributed by atoms with E-state index < -0.39 is 17.8 Å². The van der Waals surface area contributed by atoms with Crippen molar-refractivity contribution in [1.82, 2.24) is 10.7 Å². The van der Waals surface area contributed by atoms with Crippen molar-refractivity contribution in [2.45, 2.75) is 0 Å². The Morgan fingerprint density at radius 2 is 1.80 bits per heavy atom. The maximum Gasteiger partial charge on any atom is 0.259 e. The lowest BCUT2D eigenvalue weighted by Crippen LogP contribution is -2.34. The molecule has 0 spiro atoms. The van der Waals surface area contributed by atoms with E-state index in [-0.39, 0.29) is 12.1 Å². The molecule has 2 N–H and O–H groups in total. The van der Waals surface area contributed by atoms with Gasteiger partial charge in [0.1, 0.15) is 0 Å². The molecule has 0 heterocycles.